The molecule has 1 heterocycles. The molecule has 0 aliphatic heterocycles. The Labute approximate surface area is 88.5 Å². The van der Waals surface area contributed by atoms with Crippen LogP contribution >= 0.6 is 11.3 Å². The van der Waals surface area contributed by atoms with E-state index in [1.807, 2.05) is 0 Å². The van der Waals surface area contributed by atoms with Gasteiger partial charge in [-0.2, -0.15) is 0 Å². The van der Waals surface area contributed by atoms with Gasteiger partial charge in [-0.25, -0.2) is 4.79 Å². The van der Waals surface area contributed by atoms with Crippen molar-refractivity contribution in [2.75, 3.05) is 0 Å². The number of aromatic amines is 1. The molecular weight excluding hydrogens is 214 g/mol. The third-order valence-corrected chi connectivity index (χ3v) is 2.71. The van der Waals surface area contributed by atoms with Crippen LogP contribution in [-0.4, -0.2) is 16.1 Å². The van der Waals surface area contributed by atoms with Crippen LogP contribution in [0.5, 0.6) is 0 Å². The standard InChI is InChI=1S/C10H7NO3S/c12-9(13)4-2-6-1-3-7-8(5-6)15-10(14)11-7/h1-5H,(H,11,14)(H,12,13). The summed E-state index contributed by atoms with van der Waals surface area (Å²) in [5.41, 5.74) is 1.54. The summed E-state index contributed by atoms with van der Waals surface area (Å²) in [6.07, 6.45) is 2.56. The number of thiazole rings is 1. The second kappa shape index (κ2) is 3.70. The molecule has 2 aromatic rings. The number of rotatable bonds is 2. The Balaban J connectivity index is 2.46. The van der Waals surface area contributed by atoms with Crippen LogP contribution in [-0.2, 0) is 4.79 Å². The van der Waals surface area contributed by atoms with E-state index in [-0.39, 0.29) is 4.87 Å². The molecule has 0 saturated heterocycles. The second-order valence-corrected chi connectivity index (χ2v) is 3.96. The lowest BCUT2D eigenvalue weighted by Gasteiger charge is -1.92. The highest BCUT2D eigenvalue weighted by atomic mass is 32.1. The predicted octanol–water partition coefficient (Wildman–Crippen LogP) is 1.69. The molecule has 5 heteroatoms. The lowest BCUT2D eigenvalue weighted by Crippen LogP contribution is -1.89. The minimum absolute atomic E-state index is 0.107. The maximum atomic E-state index is 11.0. The fourth-order valence-electron chi connectivity index (χ4n) is 1.23. The summed E-state index contributed by atoms with van der Waals surface area (Å²) in [7, 11) is 0. The molecule has 4 nitrogen and oxygen atoms in total. The normalized spacial score (nSPS) is 11.2. The van der Waals surface area contributed by atoms with Gasteiger partial charge >= 0.3 is 10.8 Å². The molecule has 0 saturated carbocycles. The van der Waals surface area contributed by atoms with Crippen LogP contribution in [0.25, 0.3) is 16.3 Å². The van der Waals surface area contributed by atoms with E-state index in [0.717, 1.165) is 33.2 Å². The number of H-pyrrole nitrogens is 1. The summed E-state index contributed by atoms with van der Waals surface area (Å²) in [4.78, 5) is 23.9. The number of hydrogen-bond donors (Lipinski definition) is 2. The zero-order valence-electron chi connectivity index (χ0n) is 7.56. The van der Waals surface area contributed by atoms with E-state index in [9.17, 15) is 9.59 Å². The first kappa shape index (κ1) is 9.67. The topological polar surface area (TPSA) is 70.2 Å². The fraction of sp³-hybridized carbons (Fsp3) is 0. The highest BCUT2D eigenvalue weighted by Gasteiger charge is 1.98. The number of carboxylic acids is 1. The van der Waals surface area contributed by atoms with E-state index in [4.69, 9.17) is 5.11 Å². The molecule has 76 valence electrons. The molecule has 0 aliphatic rings. The average molecular weight is 221 g/mol. The van der Waals surface area contributed by atoms with Crippen molar-refractivity contribution >= 4 is 33.6 Å². The summed E-state index contributed by atoms with van der Waals surface area (Å²) in [6.45, 7) is 0. The molecule has 0 fully saturated rings. The fourth-order valence-corrected chi connectivity index (χ4v) is 2.02. The maximum absolute atomic E-state index is 11.0. The lowest BCUT2D eigenvalue weighted by atomic mass is 10.2. The van der Waals surface area contributed by atoms with Gasteiger partial charge < -0.3 is 10.1 Å². The van der Waals surface area contributed by atoms with Gasteiger partial charge in [0.1, 0.15) is 0 Å². The summed E-state index contributed by atoms with van der Waals surface area (Å²) in [6, 6.07) is 5.29. The molecule has 1 aromatic carbocycles. The van der Waals surface area contributed by atoms with Gasteiger partial charge in [0.2, 0.25) is 0 Å². The molecule has 0 radical (unpaired) electrons. The molecule has 1 aromatic heterocycles. The van der Waals surface area contributed by atoms with E-state index in [0.29, 0.717) is 0 Å². The summed E-state index contributed by atoms with van der Waals surface area (Å²) in [5, 5.41) is 8.45. The molecule has 15 heavy (non-hydrogen) atoms. The molecule has 0 spiro atoms. The highest BCUT2D eigenvalue weighted by molar-refractivity contribution is 7.16. The zero-order valence-corrected chi connectivity index (χ0v) is 8.38. The highest BCUT2D eigenvalue weighted by Crippen LogP contribution is 2.16. The van der Waals surface area contributed by atoms with E-state index in [1.54, 1.807) is 18.2 Å². The predicted molar refractivity (Wildman–Crippen MR) is 59.1 cm³/mol. The van der Waals surface area contributed by atoms with Crippen molar-refractivity contribution in [1.82, 2.24) is 4.98 Å². The Bertz CT molecular complexity index is 594. The minimum atomic E-state index is -0.989. The third kappa shape index (κ3) is 2.13. The van der Waals surface area contributed by atoms with Crippen molar-refractivity contribution in [2.24, 2.45) is 0 Å². The van der Waals surface area contributed by atoms with Crippen LogP contribution in [0.4, 0.5) is 0 Å². The van der Waals surface area contributed by atoms with E-state index < -0.39 is 5.97 Å². The molecule has 0 bridgehead atoms. The quantitative estimate of drug-likeness (QED) is 0.758. The van der Waals surface area contributed by atoms with Gasteiger partial charge in [0.05, 0.1) is 10.2 Å². The summed E-state index contributed by atoms with van der Waals surface area (Å²) < 4.78 is 0.826. The summed E-state index contributed by atoms with van der Waals surface area (Å²) >= 11 is 1.11. The second-order valence-electron chi connectivity index (χ2n) is 2.94. The monoisotopic (exact) mass is 221 g/mol. The summed E-state index contributed by atoms with van der Waals surface area (Å²) in [5.74, 6) is -0.989. The number of hydrogen-bond acceptors (Lipinski definition) is 3. The smallest absolute Gasteiger partial charge is 0.328 e. The number of nitrogens with one attached hydrogen (secondary N) is 1. The maximum Gasteiger partial charge on any atom is 0.328 e. The van der Waals surface area contributed by atoms with Crippen molar-refractivity contribution in [2.45, 2.75) is 0 Å². The Morgan fingerprint density at radius 3 is 3.00 bits per heavy atom. The van der Waals surface area contributed by atoms with Gasteiger partial charge in [-0.15, -0.1) is 0 Å². The number of carboxylic acid groups (broad SMARTS) is 1. The van der Waals surface area contributed by atoms with E-state index >= 15 is 0 Å². The Kier molecular flexibility index (Phi) is 2.39. The van der Waals surface area contributed by atoms with E-state index in [2.05, 4.69) is 4.98 Å². The van der Waals surface area contributed by atoms with Crippen molar-refractivity contribution in [3.63, 3.8) is 0 Å². The first-order valence-electron chi connectivity index (χ1n) is 4.19. The minimum Gasteiger partial charge on any atom is -0.478 e. The van der Waals surface area contributed by atoms with Gasteiger partial charge in [-0.05, 0) is 23.8 Å². The van der Waals surface area contributed by atoms with Crippen molar-refractivity contribution < 1.29 is 9.90 Å². The number of carbonyl (C=O) groups is 1. The Morgan fingerprint density at radius 1 is 1.47 bits per heavy atom. The molecule has 0 unspecified atom stereocenters. The van der Waals surface area contributed by atoms with Gasteiger partial charge in [-0.3, -0.25) is 4.79 Å². The zero-order chi connectivity index (χ0) is 10.8. The largest absolute Gasteiger partial charge is 0.478 e. The van der Waals surface area contributed by atoms with Gasteiger partial charge in [0.25, 0.3) is 0 Å². The van der Waals surface area contributed by atoms with Crippen LogP contribution in [0, 0.1) is 0 Å². The first-order chi connectivity index (χ1) is 7.15. The van der Waals surface area contributed by atoms with E-state index in [1.165, 1.54) is 6.08 Å². The Morgan fingerprint density at radius 2 is 2.27 bits per heavy atom. The lowest BCUT2D eigenvalue weighted by molar-refractivity contribution is -0.131. The van der Waals surface area contributed by atoms with Crippen molar-refractivity contribution in [3.8, 4) is 0 Å². The van der Waals surface area contributed by atoms with Crippen LogP contribution < -0.4 is 4.87 Å². The number of fused-ring (bicyclic) bond motifs is 1. The van der Waals surface area contributed by atoms with Crippen LogP contribution in [0.15, 0.2) is 29.1 Å². The molecule has 0 atom stereocenters. The molecule has 2 N–H and O–H groups in total. The van der Waals surface area contributed by atoms with Gasteiger partial charge in [0, 0.05) is 6.08 Å². The van der Waals surface area contributed by atoms with Crippen LogP contribution in [0.1, 0.15) is 5.56 Å². The van der Waals surface area contributed by atoms with Crippen molar-refractivity contribution in [1.29, 1.82) is 0 Å². The average Bonchev–Trinajstić information content (AvgIpc) is 2.53. The first-order valence-corrected chi connectivity index (χ1v) is 5.01. The Hall–Kier alpha value is -1.88. The molecular formula is C10H7NO3S. The van der Waals surface area contributed by atoms with Crippen LogP contribution in [0.3, 0.4) is 0 Å². The SMILES string of the molecule is O=C(O)C=Cc1ccc2[nH]c(=O)sc2c1. The van der Waals surface area contributed by atoms with Crippen molar-refractivity contribution in [3.05, 3.63) is 39.5 Å². The van der Waals surface area contributed by atoms with Gasteiger partial charge in [0.15, 0.2) is 0 Å². The molecule has 0 amide bonds. The van der Waals surface area contributed by atoms with Gasteiger partial charge in [-0.1, -0.05) is 17.4 Å². The third-order valence-electron chi connectivity index (χ3n) is 1.86. The number of benzene rings is 1. The number of aliphatic carboxylic acids is 1. The number of aromatic nitrogens is 1. The van der Waals surface area contributed by atoms with Crippen LogP contribution in [0.2, 0.25) is 0 Å². The molecule has 0 aliphatic carbocycles. The molecule has 2 rings (SSSR count).